The summed E-state index contributed by atoms with van der Waals surface area (Å²) in [6.07, 6.45) is 4.13. The van der Waals surface area contributed by atoms with Crippen molar-refractivity contribution in [3.63, 3.8) is 0 Å². The third-order valence-electron chi connectivity index (χ3n) is 2.81. The molecule has 0 aromatic heterocycles. The Morgan fingerprint density at radius 1 is 1.39 bits per heavy atom. The van der Waals surface area contributed by atoms with Crippen LogP contribution in [0.4, 0.5) is 0 Å². The van der Waals surface area contributed by atoms with Gasteiger partial charge in [-0.05, 0) is 19.8 Å². The molecule has 0 radical (unpaired) electrons. The molecule has 18 heavy (non-hydrogen) atoms. The summed E-state index contributed by atoms with van der Waals surface area (Å²) in [5, 5.41) is 25.2. The molecular formula is C12H18O6. The summed E-state index contributed by atoms with van der Waals surface area (Å²) in [6.45, 7) is 1.57. The molecule has 0 spiro atoms. The number of carbonyl (C=O) groups is 2. The number of aliphatic hydroxyl groups is 1. The van der Waals surface area contributed by atoms with Gasteiger partial charge in [-0.1, -0.05) is 12.2 Å². The number of hydrogen-bond acceptors (Lipinski definition) is 4. The molecule has 1 aliphatic heterocycles. The van der Waals surface area contributed by atoms with E-state index in [4.69, 9.17) is 20.1 Å². The van der Waals surface area contributed by atoms with E-state index in [9.17, 15) is 9.59 Å². The monoisotopic (exact) mass is 258 g/mol. The Morgan fingerprint density at radius 3 is 2.28 bits per heavy atom. The fourth-order valence-corrected chi connectivity index (χ4v) is 1.88. The van der Waals surface area contributed by atoms with E-state index in [2.05, 4.69) is 0 Å². The minimum Gasteiger partial charge on any atom is -0.481 e. The molecule has 0 aromatic rings. The van der Waals surface area contributed by atoms with Crippen LogP contribution in [-0.2, 0) is 14.3 Å². The maximum Gasteiger partial charge on any atom is 0.333 e. The van der Waals surface area contributed by atoms with Crippen LogP contribution in [0.1, 0.15) is 26.2 Å². The molecule has 6 heteroatoms. The summed E-state index contributed by atoms with van der Waals surface area (Å²) in [6, 6.07) is 0. The standard InChI is InChI=1S/C7H8O3.C5H10O3/c8-7(9)6-4-1-2-5(3-4)10-6;1-4(6)2-3-5(7)8/h1-2,4-6H,3H2,(H,8,9);4,6H,2-3H2,1H3,(H,7,8). The van der Waals surface area contributed by atoms with Gasteiger partial charge < -0.3 is 20.1 Å². The van der Waals surface area contributed by atoms with Gasteiger partial charge in [0.2, 0.25) is 0 Å². The van der Waals surface area contributed by atoms with Crippen molar-refractivity contribution in [2.24, 2.45) is 5.92 Å². The van der Waals surface area contributed by atoms with Crippen molar-refractivity contribution < 1.29 is 29.6 Å². The molecule has 0 amide bonds. The van der Waals surface area contributed by atoms with Gasteiger partial charge in [-0.2, -0.15) is 0 Å². The molecule has 2 rings (SSSR count). The summed E-state index contributed by atoms with van der Waals surface area (Å²) in [4.78, 5) is 20.2. The third-order valence-corrected chi connectivity index (χ3v) is 2.81. The van der Waals surface area contributed by atoms with Gasteiger partial charge in [0.05, 0.1) is 12.2 Å². The van der Waals surface area contributed by atoms with Crippen LogP contribution in [0.25, 0.3) is 0 Å². The highest BCUT2D eigenvalue weighted by Crippen LogP contribution is 2.34. The van der Waals surface area contributed by atoms with Crippen molar-refractivity contribution in [3.05, 3.63) is 12.2 Å². The van der Waals surface area contributed by atoms with Gasteiger partial charge in [0, 0.05) is 12.3 Å². The fraction of sp³-hybridized carbons (Fsp3) is 0.667. The number of ether oxygens (including phenoxy) is 1. The Bertz CT molecular complexity index is 335. The topological polar surface area (TPSA) is 104 Å². The van der Waals surface area contributed by atoms with Crippen molar-refractivity contribution in [2.75, 3.05) is 0 Å². The quantitative estimate of drug-likeness (QED) is 0.639. The molecule has 1 aliphatic carbocycles. The van der Waals surface area contributed by atoms with Crippen molar-refractivity contribution in [1.82, 2.24) is 0 Å². The molecule has 6 nitrogen and oxygen atoms in total. The molecule has 0 aromatic carbocycles. The first-order chi connectivity index (χ1) is 8.40. The highest BCUT2D eigenvalue weighted by atomic mass is 16.5. The minimum absolute atomic E-state index is 0.0532. The van der Waals surface area contributed by atoms with Gasteiger partial charge in [-0.3, -0.25) is 4.79 Å². The van der Waals surface area contributed by atoms with E-state index in [1.54, 1.807) is 6.92 Å². The van der Waals surface area contributed by atoms with Crippen LogP contribution in [0.3, 0.4) is 0 Å². The average molecular weight is 258 g/mol. The largest absolute Gasteiger partial charge is 0.481 e. The summed E-state index contributed by atoms with van der Waals surface area (Å²) < 4.78 is 5.14. The molecule has 1 heterocycles. The zero-order valence-electron chi connectivity index (χ0n) is 10.2. The highest BCUT2D eigenvalue weighted by molar-refractivity contribution is 5.74. The Hall–Kier alpha value is -1.40. The van der Waals surface area contributed by atoms with E-state index in [1.807, 2.05) is 12.2 Å². The molecule has 1 fully saturated rings. The second-order valence-corrected chi connectivity index (χ2v) is 4.50. The lowest BCUT2D eigenvalue weighted by atomic mass is 10.1. The SMILES string of the molecule is CC(O)CCC(=O)O.O=C(O)C1OC2C=CC1C2. The Balaban J connectivity index is 0.000000187. The van der Waals surface area contributed by atoms with Gasteiger partial charge in [-0.15, -0.1) is 0 Å². The molecule has 4 unspecified atom stereocenters. The lowest BCUT2D eigenvalue weighted by Gasteiger charge is -2.12. The van der Waals surface area contributed by atoms with E-state index in [0.717, 1.165) is 6.42 Å². The maximum absolute atomic E-state index is 10.4. The second kappa shape index (κ2) is 6.51. The highest BCUT2D eigenvalue weighted by Gasteiger charge is 2.40. The molecule has 0 saturated carbocycles. The Kier molecular flexibility index (Phi) is 5.30. The zero-order chi connectivity index (χ0) is 13.7. The summed E-state index contributed by atoms with van der Waals surface area (Å²) in [5.74, 6) is -1.56. The van der Waals surface area contributed by atoms with E-state index in [-0.39, 0.29) is 18.4 Å². The van der Waals surface area contributed by atoms with Crippen molar-refractivity contribution >= 4 is 11.9 Å². The zero-order valence-corrected chi connectivity index (χ0v) is 10.2. The van der Waals surface area contributed by atoms with E-state index < -0.39 is 24.1 Å². The molecule has 102 valence electrons. The number of hydrogen-bond donors (Lipinski definition) is 3. The average Bonchev–Trinajstić information content (AvgIpc) is 2.88. The fourth-order valence-electron chi connectivity index (χ4n) is 1.88. The summed E-state index contributed by atoms with van der Waals surface area (Å²) in [5.41, 5.74) is 0. The third kappa shape index (κ3) is 4.46. The molecule has 1 saturated heterocycles. The van der Waals surface area contributed by atoms with Crippen LogP contribution in [0.2, 0.25) is 0 Å². The van der Waals surface area contributed by atoms with Crippen molar-refractivity contribution in [2.45, 2.75) is 44.5 Å². The molecular weight excluding hydrogens is 240 g/mol. The first kappa shape index (κ1) is 14.7. The van der Waals surface area contributed by atoms with Crippen LogP contribution in [0.15, 0.2) is 12.2 Å². The van der Waals surface area contributed by atoms with Crippen LogP contribution < -0.4 is 0 Å². The van der Waals surface area contributed by atoms with Gasteiger partial charge in [-0.25, -0.2) is 4.79 Å². The van der Waals surface area contributed by atoms with E-state index in [1.165, 1.54) is 0 Å². The lowest BCUT2D eigenvalue weighted by Crippen LogP contribution is -2.27. The number of carboxylic acids is 2. The number of aliphatic hydroxyl groups excluding tert-OH is 1. The lowest BCUT2D eigenvalue weighted by molar-refractivity contribution is -0.150. The predicted molar refractivity (Wildman–Crippen MR) is 62.1 cm³/mol. The minimum atomic E-state index is -0.856. The number of rotatable bonds is 4. The van der Waals surface area contributed by atoms with Crippen molar-refractivity contribution in [3.8, 4) is 0 Å². The van der Waals surface area contributed by atoms with E-state index >= 15 is 0 Å². The number of carboxylic acid groups (broad SMARTS) is 2. The van der Waals surface area contributed by atoms with Crippen LogP contribution >= 0.6 is 0 Å². The predicted octanol–water partition coefficient (Wildman–Crippen LogP) is 0.646. The van der Waals surface area contributed by atoms with Crippen LogP contribution in [0.5, 0.6) is 0 Å². The van der Waals surface area contributed by atoms with Gasteiger partial charge in [0.1, 0.15) is 0 Å². The summed E-state index contributed by atoms with van der Waals surface area (Å²) >= 11 is 0. The van der Waals surface area contributed by atoms with Crippen LogP contribution in [-0.4, -0.2) is 45.6 Å². The van der Waals surface area contributed by atoms with Gasteiger partial charge in [0.15, 0.2) is 6.10 Å². The van der Waals surface area contributed by atoms with Crippen LogP contribution in [0, 0.1) is 5.92 Å². The maximum atomic E-state index is 10.4. The van der Waals surface area contributed by atoms with Crippen molar-refractivity contribution in [1.29, 1.82) is 0 Å². The Labute approximate surface area is 105 Å². The molecule has 2 bridgehead atoms. The first-order valence-electron chi connectivity index (χ1n) is 5.86. The number of aliphatic carboxylic acids is 2. The first-order valence-corrected chi connectivity index (χ1v) is 5.86. The molecule has 3 N–H and O–H groups in total. The smallest absolute Gasteiger partial charge is 0.333 e. The van der Waals surface area contributed by atoms with Gasteiger partial charge >= 0.3 is 11.9 Å². The number of fused-ring (bicyclic) bond motifs is 2. The van der Waals surface area contributed by atoms with Gasteiger partial charge in [0.25, 0.3) is 0 Å². The van der Waals surface area contributed by atoms with E-state index in [0.29, 0.717) is 6.42 Å². The molecule has 4 atom stereocenters. The molecule has 2 aliphatic rings. The Morgan fingerprint density at radius 2 is 2.06 bits per heavy atom. The normalized spacial score (nSPS) is 29.6. The summed E-state index contributed by atoms with van der Waals surface area (Å²) in [7, 11) is 0. The second-order valence-electron chi connectivity index (χ2n) is 4.50.